The average Bonchev–Trinajstić information content (AvgIpc) is 2.86. The van der Waals surface area contributed by atoms with Gasteiger partial charge in [0, 0.05) is 13.6 Å². The maximum absolute atomic E-state index is 13.5. The molecule has 1 aromatic carbocycles. The Morgan fingerprint density at radius 1 is 1.50 bits per heavy atom. The summed E-state index contributed by atoms with van der Waals surface area (Å²) in [5, 5.41) is 0. The molecule has 0 N–H and O–H groups in total. The summed E-state index contributed by atoms with van der Waals surface area (Å²) >= 11 is 0. The highest BCUT2D eigenvalue weighted by molar-refractivity contribution is 6.04. The number of carbonyl (C=O) groups excluding carboxylic acids is 2. The molecule has 3 rings (SSSR count). The fraction of sp³-hybridized carbons (Fsp3) is 0.400. The molecule has 1 aromatic rings. The van der Waals surface area contributed by atoms with Crippen molar-refractivity contribution in [3.63, 3.8) is 0 Å². The van der Waals surface area contributed by atoms with Gasteiger partial charge in [-0.05, 0) is 25.1 Å². The summed E-state index contributed by atoms with van der Waals surface area (Å²) in [7, 11) is 1.63. The van der Waals surface area contributed by atoms with Crippen LogP contribution in [-0.2, 0) is 9.53 Å². The molecule has 0 aromatic heterocycles. The van der Waals surface area contributed by atoms with Gasteiger partial charge in [-0.3, -0.25) is 9.79 Å². The number of amides is 1. The molecule has 0 fully saturated rings. The summed E-state index contributed by atoms with van der Waals surface area (Å²) in [5.74, 6) is -1.17. The van der Waals surface area contributed by atoms with Crippen LogP contribution in [0.3, 0.4) is 0 Å². The van der Waals surface area contributed by atoms with E-state index in [-0.39, 0.29) is 24.1 Å². The normalized spacial score (nSPS) is 23.1. The molecular weight excluding hydrogens is 289 g/mol. The third-order valence-electron chi connectivity index (χ3n) is 3.88. The molecule has 2 unspecified atom stereocenters. The molecule has 22 heavy (non-hydrogen) atoms. The highest BCUT2D eigenvalue weighted by atomic mass is 19.1. The SMILES string of the molecule is CCOC(=O)C1N=CN2c3ccc(F)cc3C(=O)N(C)CC12. The first-order chi connectivity index (χ1) is 10.5. The lowest BCUT2D eigenvalue weighted by Gasteiger charge is -2.27. The Hall–Kier alpha value is -2.44. The lowest BCUT2D eigenvalue weighted by Crippen LogP contribution is -2.47. The van der Waals surface area contributed by atoms with Gasteiger partial charge in [0.05, 0.1) is 30.2 Å². The van der Waals surface area contributed by atoms with Crippen molar-refractivity contribution in [2.45, 2.75) is 19.0 Å². The van der Waals surface area contributed by atoms with Gasteiger partial charge in [-0.2, -0.15) is 0 Å². The average molecular weight is 305 g/mol. The minimum Gasteiger partial charge on any atom is -0.464 e. The van der Waals surface area contributed by atoms with E-state index in [1.165, 1.54) is 29.4 Å². The lowest BCUT2D eigenvalue weighted by molar-refractivity contribution is -0.144. The molecule has 116 valence electrons. The molecule has 0 radical (unpaired) electrons. The second kappa shape index (κ2) is 5.40. The number of hydrogen-bond donors (Lipinski definition) is 0. The number of nitrogens with zero attached hydrogens (tertiary/aromatic N) is 3. The Balaban J connectivity index is 2.02. The highest BCUT2D eigenvalue weighted by Gasteiger charge is 2.42. The maximum Gasteiger partial charge on any atom is 0.333 e. The number of hydrogen-bond acceptors (Lipinski definition) is 5. The van der Waals surface area contributed by atoms with Crippen LogP contribution in [0.25, 0.3) is 0 Å². The molecule has 0 saturated heterocycles. The van der Waals surface area contributed by atoms with E-state index in [9.17, 15) is 14.0 Å². The number of halogens is 1. The first kappa shape index (κ1) is 14.5. The largest absolute Gasteiger partial charge is 0.464 e. The van der Waals surface area contributed by atoms with E-state index < -0.39 is 17.8 Å². The smallest absolute Gasteiger partial charge is 0.333 e. The van der Waals surface area contributed by atoms with Gasteiger partial charge in [0.1, 0.15) is 5.82 Å². The molecule has 0 spiro atoms. The van der Waals surface area contributed by atoms with Gasteiger partial charge in [-0.15, -0.1) is 0 Å². The topological polar surface area (TPSA) is 62.2 Å². The van der Waals surface area contributed by atoms with Crippen molar-refractivity contribution >= 4 is 23.9 Å². The number of benzene rings is 1. The summed E-state index contributed by atoms with van der Waals surface area (Å²) in [4.78, 5) is 31.9. The van der Waals surface area contributed by atoms with E-state index in [4.69, 9.17) is 4.74 Å². The predicted molar refractivity (Wildman–Crippen MR) is 78.5 cm³/mol. The van der Waals surface area contributed by atoms with Crippen LogP contribution in [0.2, 0.25) is 0 Å². The number of likely N-dealkylation sites (N-methyl/N-ethyl adjacent to an activating group) is 1. The Morgan fingerprint density at radius 2 is 2.27 bits per heavy atom. The summed E-state index contributed by atoms with van der Waals surface area (Å²) in [6, 6.07) is 3.00. The number of ether oxygens (including phenoxy) is 1. The van der Waals surface area contributed by atoms with Gasteiger partial charge >= 0.3 is 5.97 Å². The van der Waals surface area contributed by atoms with Crippen molar-refractivity contribution in [1.82, 2.24) is 4.90 Å². The van der Waals surface area contributed by atoms with Crippen molar-refractivity contribution in [1.29, 1.82) is 0 Å². The number of rotatable bonds is 2. The molecule has 0 bridgehead atoms. The third kappa shape index (κ3) is 2.22. The molecule has 1 amide bonds. The van der Waals surface area contributed by atoms with Crippen LogP contribution in [-0.4, -0.2) is 55.4 Å². The van der Waals surface area contributed by atoms with Crippen molar-refractivity contribution in [3.05, 3.63) is 29.6 Å². The highest BCUT2D eigenvalue weighted by Crippen LogP contribution is 2.31. The van der Waals surface area contributed by atoms with Crippen LogP contribution in [0.4, 0.5) is 10.1 Å². The first-order valence-electron chi connectivity index (χ1n) is 7.06. The predicted octanol–water partition coefficient (Wildman–Crippen LogP) is 1.06. The molecule has 0 saturated carbocycles. The van der Waals surface area contributed by atoms with Gasteiger partial charge < -0.3 is 14.5 Å². The van der Waals surface area contributed by atoms with Gasteiger partial charge in [-0.25, -0.2) is 9.18 Å². The lowest BCUT2D eigenvalue weighted by atomic mass is 10.1. The summed E-state index contributed by atoms with van der Waals surface area (Å²) in [5.41, 5.74) is 0.817. The quantitative estimate of drug-likeness (QED) is 0.767. The van der Waals surface area contributed by atoms with Crippen molar-refractivity contribution in [2.75, 3.05) is 25.1 Å². The summed E-state index contributed by atoms with van der Waals surface area (Å²) < 4.78 is 18.5. The molecule has 2 atom stereocenters. The van der Waals surface area contributed by atoms with Crippen LogP contribution in [0, 0.1) is 5.82 Å². The Morgan fingerprint density at radius 3 is 3.00 bits per heavy atom. The van der Waals surface area contributed by atoms with Crippen LogP contribution < -0.4 is 4.90 Å². The number of carbonyl (C=O) groups is 2. The minimum atomic E-state index is -0.689. The zero-order chi connectivity index (χ0) is 15.9. The number of anilines is 1. The van der Waals surface area contributed by atoms with Gasteiger partial charge in [0.25, 0.3) is 5.91 Å². The molecule has 6 nitrogen and oxygen atoms in total. The first-order valence-corrected chi connectivity index (χ1v) is 7.06. The fourth-order valence-electron chi connectivity index (χ4n) is 2.83. The van der Waals surface area contributed by atoms with Gasteiger partial charge in [0.15, 0.2) is 6.04 Å². The van der Waals surface area contributed by atoms with Crippen LogP contribution in [0.15, 0.2) is 23.2 Å². The molecule has 7 heteroatoms. The number of aliphatic imine (C=N–C) groups is 1. The second-order valence-electron chi connectivity index (χ2n) is 5.28. The number of esters is 1. The zero-order valence-electron chi connectivity index (χ0n) is 12.3. The van der Waals surface area contributed by atoms with Gasteiger partial charge in [0.2, 0.25) is 0 Å². The Labute approximate surface area is 127 Å². The molecule has 2 heterocycles. The van der Waals surface area contributed by atoms with Crippen LogP contribution in [0.1, 0.15) is 17.3 Å². The molecule has 2 aliphatic rings. The van der Waals surface area contributed by atoms with E-state index in [2.05, 4.69) is 4.99 Å². The minimum absolute atomic E-state index is 0.265. The van der Waals surface area contributed by atoms with E-state index >= 15 is 0 Å². The standard InChI is InChI=1S/C15H16FN3O3/c1-3-22-15(21)13-12-7-18(2)14(20)10-6-9(16)4-5-11(10)19(12)8-17-13/h4-6,8,12-13H,3,7H2,1-2H3. The van der Waals surface area contributed by atoms with Crippen LogP contribution >= 0.6 is 0 Å². The van der Waals surface area contributed by atoms with Crippen LogP contribution in [0.5, 0.6) is 0 Å². The van der Waals surface area contributed by atoms with E-state index in [1.807, 2.05) is 0 Å². The molecular formula is C15H16FN3O3. The molecule has 0 aliphatic carbocycles. The van der Waals surface area contributed by atoms with E-state index in [1.54, 1.807) is 18.9 Å². The van der Waals surface area contributed by atoms with Crippen molar-refractivity contribution in [3.8, 4) is 0 Å². The van der Waals surface area contributed by atoms with E-state index in [0.717, 1.165) is 0 Å². The van der Waals surface area contributed by atoms with Crippen molar-refractivity contribution in [2.24, 2.45) is 4.99 Å². The monoisotopic (exact) mass is 305 g/mol. The fourth-order valence-corrected chi connectivity index (χ4v) is 2.83. The second-order valence-corrected chi connectivity index (χ2v) is 5.28. The van der Waals surface area contributed by atoms with E-state index in [0.29, 0.717) is 12.2 Å². The van der Waals surface area contributed by atoms with Crippen molar-refractivity contribution < 1.29 is 18.7 Å². The van der Waals surface area contributed by atoms with Gasteiger partial charge in [-0.1, -0.05) is 0 Å². The Kier molecular flexibility index (Phi) is 3.56. The Bertz CT molecular complexity index is 661. The summed E-state index contributed by atoms with van der Waals surface area (Å²) in [6.45, 7) is 2.31. The maximum atomic E-state index is 13.5. The number of fused-ring (bicyclic) bond motifs is 3. The molecule has 2 aliphatic heterocycles. The third-order valence-corrected chi connectivity index (χ3v) is 3.88. The zero-order valence-corrected chi connectivity index (χ0v) is 12.3. The summed E-state index contributed by atoms with van der Waals surface area (Å²) in [6.07, 6.45) is 1.52.